The van der Waals surface area contributed by atoms with E-state index in [9.17, 15) is 18.0 Å². The van der Waals surface area contributed by atoms with Crippen molar-refractivity contribution < 1.29 is 18.0 Å². The van der Waals surface area contributed by atoms with Crippen LogP contribution in [-0.2, 0) is 18.4 Å². The lowest BCUT2D eigenvalue weighted by Gasteiger charge is -2.13. The highest BCUT2D eigenvalue weighted by atomic mass is 127. The molecule has 0 bridgehead atoms. The summed E-state index contributed by atoms with van der Waals surface area (Å²) in [6, 6.07) is 1.69. The Morgan fingerprint density at radius 1 is 1.18 bits per heavy atom. The van der Waals surface area contributed by atoms with Gasteiger partial charge in [0.05, 0.1) is 17.9 Å². The van der Waals surface area contributed by atoms with Crippen molar-refractivity contribution >= 4 is 41.5 Å². The summed E-state index contributed by atoms with van der Waals surface area (Å²) in [5.41, 5.74) is 2.45. The third-order valence-corrected chi connectivity index (χ3v) is 4.04. The number of halogens is 4. The van der Waals surface area contributed by atoms with Crippen LogP contribution in [0.5, 0.6) is 0 Å². The summed E-state index contributed by atoms with van der Waals surface area (Å²) in [4.78, 5) is 15.9. The third-order valence-electron chi connectivity index (χ3n) is 4.04. The fourth-order valence-electron chi connectivity index (χ4n) is 2.45. The van der Waals surface area contributed by atoms with Gasteiger partial charge in [-0.3, -0.25) is 14.5 Å². The van der Waals surface area contributed by atoms with E-state index in [2.05, 4.69) is 26.0 Å². The molecule has 0 unspecified atom stereocenters. The van der Waals surface area contributed by atoms with Crippen molar-refractivity contribution in [1.82, 2.24) is 20.4 Å². The minimum Gasteiger partial charge on any atom is -0.352 e. The molecule has 1 amide bonds. The molecule has 1 aromatic heterocycles. The summed E-state index contributed by atoms with van der Waals surface area (Å²) < 4.78 is 41.4. The zero-order valence-electron chi connectivity index (χ0n) is 15.9. The lowest BCUT2D eigenvalue weighted by Crippen LogP contribution is -2.41. The number of hydrogen-bond acceptors (Lipinski definition) is 3. The molecule has 0 saturated heterocycles. The van der Waals surface area contributed by atoms with E-state index in [1.54, 1.807) is 4.68 Å². The van der Waals surface area contributed by atoms with Crippen molar-refractivity contribution in [1.29, 1.82) is 0 Å². The molecule has 7 nitrogen and oxygen atoms in total. The number of nitrogens with zero attached hydrogens (tertiary/aromatic N) is 3. The Morgan fingerprint density at radius 2 is 1.86 bits per heavy atom. The maximum atomic E-state index is 13.6. The van der Waals surface area contributed by atoms with Crippen molar-refractivity contribution in [2.24, 2.45) is 12.0 Å². The van der Waals surface area contributed by atoms with E-state index >= 15 is 0 Å². The molecule has 0 spiro atoms. The van der Waals surface area contributed by atoms with Crippen LogP contribution in [0.2, 0.25) is 0 Å². The Morgan fingerprint density at radius 3 is 2.43 bits per heavy atom. The van der Waals surface area contributed by atoms with Gasteiger partial charge in [-0.25, -0.2) is 13.2 Å². The molecular weight excluding hydrogens is 488 g/mol. The molecule has 0 saturated carbocycles. The first-order valence-electron chi connectivity index (χ1n) is 8.11. The number of aliphatic imine (C=N–C) groups is 1. The average molecular weight is 510 g/mol. The van der Waals surface area contributed by atoms with E-state index in [4.69, 9.17) is 0 Å². The lowest BCUT2D eigenvalue weighted by molar-refractivity contribution is -0.115. The van der Waals surface area contributed by atoms with Gasteiger partial charge in [0.15, 0.2) is 23.4 Å². The molecule has 0 fully saturated rings. The molecule has 0 aliphatic carbocycles. The lowest BCUT2D eigenvalue weighted by atomic mass is 10.2. The Kier molecular flexibility index (Phi) is 8.72. The second-order valence-electron chi connectivity index (χ2n) is 5.82. The number of carbonyl (C=O) groups is 1. The van der Waals surface area contributed by atoms with Gasteiger partial charge in [0.2, 0.25) is 5.91 Å². The minimum atomic E-state index is -1.64. The second kappa shape index (κ2) is 10.3. The molecule has 1 aromatic carbocycles. The highest BCUT2D eigenvalue weighted by molar-refractivity contribution is 14.0. The topological polar surface area (TPSA) is 83.3 Å². The van der Waals surface area contributed by atoms with E-state index in [-0.39, 0.29) is 30.5 Å². The van der Waals surface area contributed by atoms with Gasteiger partial charge in [-0.2, -0.15) is 5.10 Å². The van der Waals surface area contributed by atoms with Crippen LogP contribution in [0.15, 0.2) is 17.1 Å². The number of nitrogens with one attached hydrogen (secondary N) is 3. The van der Waals surface area contributed by atoms with Crippen molar-refractivity contribution in [3.63, 3.8) is 0 Å². The van der Waals surface area contributed by atoms with Crippen molar-refractivity contribution in [2.45, 2.75) is 20.4 Å². The minimum absolute atomic E-state index is 0. The molecule has 28 heavy (non-hydrogen) atoms. The number of rotatable bonds is 5. The number of aryl methyl sites for hydroxylation is 2. The Hall–Kier alpha value is -2.31. The van der Waals surface area contributed by atoms with Gasteiger partial charge in [0, 0.05) is 31.9 Å². The largest absolute Gasteiger partial charge is 0.352 e. The summed E-state index contributed by atoms with van der Waals surface area (Å²) >= 11 is 0. The van der Waals surface area contributed by atoms with Crippen LogP contribution < -0.4 is 16.0 Å². The van der Waals surface area contributed by atoms with Crippen LogP contribution in [0.1, 0.15) is 17.0 Å². The van der Waals surface area contributed by atoms with Crippen LogP contribution >= 0.6 is 24.0 Å². The van der Waals surface area contributed by atoms with Gasteiger partial charge in [-0.1, -0.05) is 0 Å². The number of guanidine groups is 1. The third kappa shape index (κ3) is 5.59. The molecule has 0 aliphatic heterocycles. The van der Waals surface area contributed by atoms with E-state index < -0.39 is 29.0 Å². The normalized spacial score (nSPS) is 11.0. The summed E-state index contributed by atoms with van der Waals surface area (Å²) in [5, 5.41) is 12.3. The zero-order chi connectivity index (χ0) is 20.1. The number of anilines is 1. The molecule has 154 valence electrons. The van der Waals surface area contributed by atoms with Crippen molar-refractivity contribution in [3.8, 4) is 0 Å². The van der Waals surface area contributed by atoms with Gasteiger partial charge in [-0.15, -0.1) is 24.0 Å². The Labute approximate surface area is 177 Å². The van der Waals surface area contributed by atoms with Crippen molar-refractivity contribution in [2.75, 3.05) is 18.9 Å². The SMILES string of the molecule is CN=C(NCC(=O)Nc1ccc(F)c(F)c1F)NCc1c(C)nn(C)c1C.I. The van der Waals surface area contributed by atoms with Crippen LogP contribution in [0.4, 0.5) is 18.9 Å². The first-order chi connectivity index (χ1) is 12.7. The maximum absolute atomic E-state index is 13.6. The highest BCUT2D eigenvalue weighted by Crippen LogP contribution is 2.19. The van der Waals surface area contributed by atoms with Crippen LogP contribution in [0, 0.1) is 31.3 Å². The fourth-order valence-corrected chi connectivity index (χ4v) is 2.45. The molecule has 0 aliphatic rings. The van der Waals surface area contributed by atoms with Gasteiger partial charge in [-0.05, 0) is 26.0 Å². The molecule has 3 N–H and O–H groups in total. The van der Waals surface area contributed by atoms with E-state index in [0.29, 0.717) is 12.5 Å². The predicted octanol–water partition coefficient (Wildman–Crippen LogP) is 2.38. The van der Waals surface area contributed by atoms with E-state index in [0.717, 1.165) is 29.1 Å². The standard InChI is InChI=1S/C17H21F3N6O.HI/c1-9-11(10(2)26(4)25-9)7-22-17(21-3)23-8-14(27)24-13-6-5-12(18)15(19)16(13)20;/h5-6H,7-8H2,1-4H3,(H,24,27)(H2,21,22,23);1H. The van der Waals surface area contributed by atoms with Crippen LogP contribution in [0.25, 0.3) is 0 Å². The van der Waals surface area contributed by atoms with E-state index in [1.807, 2.05) is 20.9 Å². The fraction of sp³-hybridized carbons (Fsp3) is 0.353. The van der Waals surface area contributed by atoms with Gasteiger partial charge < -0.3 is 16.0 Å². The molecule has 2 rings (SSSR count). The summed E-state index contributed by atoms with van der Waals surface area (Å²) in [6.07, 6.45) is 0. The molecule has 2 aromatic rings. The second-order valence-corrected chi connectivity index (χ2v) is 5.82. The molecular formula is C17H22F3IN6O. The van der Waals surface area contributed by atoms with Crippen LogP contribution in [0.3, 0.4) is 0 Å². The molecule has 11 heteroatoms. The Balaban J connectivity index is 0.00000392. The summed E-state index contributed by atoms with van der Waals surface area (Å²) in [5.74, 6) is -4.71. The number of carbonyl (C=O) groups excluding carboxylic acids is 1. The van der Waals surface area contributed by atoms with E-state index in [1.165, 1.54) is 7.05 Å². The predicted molar refractivity (Wildman–Crippen MR) is 111 cm³/mol. The number of hydrogen-bond donors (Lipinski definition) is 3. The summed E-state index contributed by atoms with van der Waals surface area (Å²) in [6.45, 7) is 4.04. The smallest absolute Gasteiger partial charge is 0.243 e. The Bertz CT molecular complexity index is 884. The highest BCUT2D eigenvalue weighted by Gasteiger charge is 2.15. The molecule has 0 atom stereocenters. The van der Waals surface area contributed by atoms with Gasteiger partial charge in [0.1, 0.15) is 0 Å². The number of aromatic nitrogens is 2. The quantitative estimate of drug-likeness (QED) is 0.250. The zero-order valence-corrected chi connectivity index (χ0v) is 18.2. The number of amides is 1. The molecule has 1 heterocycles. The van der Waals surface area contributed by atoms with Crippen molar-refractivity contribution in [3.05, 3.63) is 46.5 Å². The maximum Gasteiger partial charge on any atom is 0.243 e. The summed E-state index contributed by atoms with van der Waals surface area (Å²) in [7, 11) is 3.38. The first-order valence-corrected chi connectivity index (χ1v) is 8.11. The number of benzene rings is 1. The molecule has 0 radical (unpaired) electrons. The average Bonchev–Trinajstić information content (AvgIpc) is 2.88. The first kappa shape index (κ1) is 23.7. The van der Waals surface area contributed by atoms with Gasteiger partial charge in [0.25, 0.3) is 0 Å². The van der Waals surface area contributed by atoms with Gasteiger partial charge >= 0.3 is 0 Å². The monoisotopic (exact) mass is 510 g/mol. The van der Waals surface area contributed by atoms with Crippen LogP contribution in [-0.4, -0.2) is 35.2 Å².